The van der Waals surface area contributed by atoms with Gasteiger partial charge in [0, 0.05) is 18.7 Å². The number of hydrogen-bond donors (Lipinski definition) is 2. The maximum atomic E-state index is 12.8. The van der Waals surface area contributed by atoms with E-state index in [9.17, 15) is 19.5 Å². The minimum Gasteiger partial charge on any atom is -0.478 e. The predicted octanol–water partition coefficient (Wildman–Crippen LogP) is 2.98. The van der Waals surface area contributed by atoms with E-state index in [1.165, 1.54) is 25.1 Å². The molecule has 7 nitrogen and oxygen atoms in total. The van der Waals surface area contributed by atoms with E-state index in [4.69, 9.17) is 0 Å². The van der Waals surface area contributed by atoms with Crippen LogP contribution in [-0.4, -0.2) is 32.2 Å². The molecule has 0 unspecified atom stereocenters. The van der Waals surface area contributed by atoms with E-state index in [2.05, 4.69) is 26.2 Å². The molecule has 1 aromatic carbocycles. The standard InChI is InChI=1S/C17H12BrN3O4/c1-9(22)19-12-6-5-10(8-11(12)17(24)25)14(23)16-20-15(18)13-4-2-3-7-21(13)16/h2-8H,1H3,(H,19,22)(H,24,25). The fraction of sp³-hybridized carbons (Fsp3) is 0.0588. The first-order valence-electron chi connectivity index (χ1n) is 7.20. The van der Waals surface area contributed by atoms with Crippen molar-refractivity contribution in [1.82, 2.24) is 9.38 Å². The lowest BCUT2D eigenvalue weighted by molar-refractivity contribution is -0.114. The van der Waals surface area contributed by atoms with Gasteiger partial charge in [-0.2, -0.15) is 0 Å². The number of aromatic nitrogens is 2. The number of imidazole rings is 1. The highest BCUT2D eigenvalue weighted by Crippen LogP contribution is 2.23. The van der Waals surface area contributed by atoms with Gasteiger partial charge in [0.2, 0.25) is 11.7 Å². The number of carboxylic acid groups (broad SMARTS) is 1. The molecule has 0 bridgehead atoms. The molecular formula is C17H12BrN3O4. The topological polar surface area (TPSA) is 101 Å². The largest absolute Gasteiger partial charge is 0.478 e. The Hall–Kier alpha value is -3.00. The summed E-state index contributed by atoms with van der Waals surface area (Å²) in [5, 5.41) is 11.8. The van der Waals surface area contributed by atoms with Crippen molar-refractivity contribution in [3.05, 3.63) is 64.1 Å². The van der Waals surface area contributed by atoms with E-state index >= 15 is 0 Å². The van der Waals surface area contributed by atoms with Gasteiger partial charge in [0.15, 0.2) is 5.82 Å². The van der Waals surface area contributed by atoms with E-state index in [0.29, 0.717) is 4.60 Å². The Morgan fingerprint density at radius 3 is 2.64 bits per heavy atom. The number of rotatable bonds is 4. The van der Waals surface area contributed by atoms with Gasteiger partial charge in [0.05, 0.1) is 16.8 Å². The fourth-order valence-corrected chi connectivity index (χ4v) is 2.94. The molecule has 8 heteroatoms. The van der Waals surface area contributed by atoms with Crippen molar-refractivity contribution in [3.8, 4) is 0 Å². The highest BCUT2D eigenvalue weighted by Gasteiger charge is 2.20. The van der Waals surface area contributed by atoms with Crippen molar-refractivity contribution < 1.29 is 19.5 Å². The number of ketones is 1. The number of carboxylic acids is 1. The van der Waals surface area contributed by atoms with Crippen molar-refractivity contribution in [2.75, 3.05) is 5.32 Å². The van der Waals surface area contributed by atoms with E-state index in [1.807, 2.05) is 6.07 Å². The van der Waals surface area contributed by atoms with E-state index in [0.717, 1.165) is 5.52 Å². The minimum atomic E-state index is -1.24. The average molecular weight is 402 g/mol. The van der Waals surface area contributed by atoms with Crippen LogP contribution in [0.3, 0.4) is 0 Å². The zero-order chi connectivity index (χ0) is 18.1. The van der Waals surface area contributed by atoms with Gasteiger partial charge in [-0.05, 0) is 46.3 Å². The molecule has 25 heavy (non-hydrogen) atoms. The predicted molar refractivity (Wildman–Crippen MR) is 94.0 cm³/mol. The zero-order valence-corrected chi connectivity index (χ0v) is 14.6. The van der Waals surface area contributed by atoms with Crippen LogP contribution >= 0.6 is 15.9 Å². The maximum Gasteiger partial charge on any atom is 0.337 e. The van der Waals surface area contributed by atoms with Crippen LogP contribution in [-0.2, 0) is 4.79 Å². The SMILES string of the molecule is CC(=O)Nc1ccc(C(=O)c2nc(Br)c3ccccn23)cc1C(=O)O. The maximum absolute atomic E-state index is 12.8. The first-order valence-corrected chi connectivity index (χ1v) is 8.00. The van der Waals surface area contributed by atoms with Gasteiger partial charge in [-0.15, -0.1) is 0 Å². The summed E-state index contributed by atoms with van der Waals surface area (Å²) in [6.45, 7) is 1.28. The lowest BCUT2D eigenvalue weighted by Crippen LogP contribution is -2.13. The number of amides is 1. The van der Waals surface area contributed by atoms with Gasteiger partial charge in [0.1, 0.15) is 4.60 Å². The number of aromatic carboxylic acids is 1. The molecule has 1 amide bonds. The molecule has 2 aromatic heterocycles. The van der Waals surface area contributed by atoms with Gasteiger partial charge in [-0.3, -0.25) is 14.0 Å². The van der Waals surface area contributed by atoms with Crippen molar-refractivity contribution in [1.29, 1.82) is 0 Å². The molecule has 0 spiro atoms. The smallest absolute Gasteiger partial charge is 0.337 e. The Morgan fingerprint density at radius 1 is 1.20 bits per heavy atom. The normalized spacial score (nSPS) is 10.6. The van der Waals surface area contributed by atoms with Gasteiger partial charge >= 0.3 is 5.97 Å². The van der Waals surface area contributed by atoms with Gasteiger partial charge < -0.3 is 10.4 Å². The number of benzene rings is 1. The second-order valence-electron chi connectivity index (χ2n) is 5.26. The fourth-order valence-electron chi connectivity index (χ4n) is 2.45. The minimum absolute atomic E-state index is 0.130. The Balaban J connectivity index is 2.09. The van der Waals surface area contributed by atoms with E-state index in [1.54, 1.807) is 22.7 Å². The van der Waals surface area contributed by atoms with Crippen LogP contribution in [0.5, 0.6) is 0 Å². The molecule has 2 N–H and O–H groups in total. The van der Waals surface area contributed by atoms with Crippen LogP contribution < -0.4 is 5.32 Å². The third-order valence-corrected chi connectivity index (χ3v) is 4.11. The molecule has 3 rings (SSSR count). The summed E-state index contributed by atoms with van der Waals surface area (Å²) in [6.07, 6.45) is 1.70. The van der Waals surface area contributed by atoms with Crippen LogP contribution in [0, 0.1) is 0 Å². The first kappa shape index (κ1) is 16.8. The third kappa shape index (κ3) is 3.16. The molecule has 0 radical (unpaired) electrons. The quantitative estimate of drug-likeness (QED) is 0.654. The monoisotopic (exact) mass is 401 g/mol. The molecule has 0 aliphatic carbocycles. The molecule has 0 aliphatic heterocycles. The van der Waals surface area contributed by atoms with Crippen LogP contribution in [0.15, 0.2) is 47.2 Å². The van der Waals surface area contributed by atoms with Gasteiger partial charge in [0.25, 0.3) is 0 Å². The van der Waals surface area contributed by atoms with Crippen molar-refractivity contribution in [2.45, 2.75) is 6.92 Å². The summed E-state index contributed by atoms with van der Waals surface area (Å²) in [4.78, 5) is 39.6. The summed E-state index contributed by atoms with van der Waals surface area (Å²) in [5.41, 5.74) is 0.848. The number of nitrogens with one attached hydrogen (secondary N) is 1. The van der Waals surface area contributed by atoms with E-state index in [-0.39, 0.29) is 22.6 Å². The number of anilines is 1. The van der Waals surface area contributed by atoms with Crippen molar-refractivity contribution in [3.63, 3.8) is 0 Å². The highest BCUT2D eigenvalue weighted by molar-refractivity contribution is 9.10. The first-order chi connectivity index (χ1) is 11.9. The average Bonchev–Trinajstić information content (AvgIpc) is 2.91. The lowest BCUT2D eigenvalue weighted by Gasteiger charge is -2.08. The summed E-state index contributed by atoms with van der Waals surface area (Å²) in [5.74, 6) is -1.91. The molecule has 2 heterocycles. The molecule has 126 valence electrons. The zero-order valence-electron chi connectivity index (χ0n) is 13.0. The van der Waals surface area contributed by atoms with Crippen LogP contribution in [0.4, 0.5) is 5.69 Å². The van der Waals surface area contributed by atoms with E-state index < -0.39 is 17.7 Å². The van der Waals surface area contributed by atoms with Crippen molar-refractivity contribution >= 4 is 44.8 Å². The Kier molecular flexibility index (Phi) is 4.37. The molecule has 0 aliphatic rings. The third-order valence-electron chi connectivity index (χ3n) is 3.53. The molecule has 0 fully saturated rings. The Labute approximate surface area is 150 Å². The number of carbonyl (C=O) groups is 3. The number of hydrogen-bond acceptors (Lipinski definition) is 4. The lowest BCUT2D eigenvalue weighted by atomic mass is 10.0. The number of halogens is 1. The molecular weight excluding hydrogens is 390 g/mol. The highest BCUT2D eigenvalue weighted by atomic mass is 79.9. The summed E-state index contributed by atoms with van der Waals surface area (Å²) < 4.78 is 2.14. The number of pyridine rings is 1. The Bertz CT molecular complexity index is 1030. The number of nitrogens with zero attached hydrogens (tertiary/aromatic N) is 2. The number of carbonyl (C=O) groups excluding carboxylic acids is 2. The van der Waals surface area contributed by atoms with Crippen LogP contribution in [0.1, 0.15) is 33.5 Å². The second-order valence-corrected chi connectivity index (χ2v) is 6.01. The summed E-state index contributed by atoms with van der Waals surface area (Å²) >= 11 is 3.31. The molecule has 0 saturated heterocycles. The Morgan fingerprint density at radius 2 is 1.96 bits per heavy atom. The van der Waals surface area contributed by atoms with Crippen LogP contribution in [0.25, 0.3) is 5.52 Å². The van der Waals surface area contributed by atoms with Crippen LogP contribution in [0.2, 0.25) is 0 Å². The second kappa shape index (κ2) is 6.48. The molecule has 3 aromatic rings. The molecule has 0 saturated carbocycles. The number of fused-ring (bicyclic) bond motifs is 1. The molecule has 0 atom stereocenters. The van der Waals surface area contributed by atoms with Gasteiger partial charge in [-0.1, -0.05) is 6.07 Å². The van der Waals surface area contributed by atoms with Crippen molar-refractivity contribution in [2.24, 2.45) is 0 Å². The van der Waals surface area contributed by atoms with Gasteiger partial charge in [-0.25, -0.2) is 9.78 Å². The summed E-state index contributed by atoms with van der Waals surface area (Å²) in [6, 6.07) is 9.46. The summed E-state index contributed by atoms with van der Waals surface area (Å²) in [7, 11) is 0.